The first kappa shape index (κ1) is 18.2. The predicted octanol–water partition coefficient (Wildman–Crippen LogP) is 5.03. The zero-order chi connectivity index (χ0) is 17.9. The first-order chi connectivity index (χ1) is 11.9. The van der Waals surface area contributed by atoms with Crippen molar-refractivity contribution in [1.29, 1.82) is 0 Å². The summed E-state index contributed by atoms with van der Waals surface area (Å²) in [5.41, 5.74) is 1.82. The van der Waals surface area contributed by atoms with E-state index < -0.39 is 0 Å². The number of hydrogen-bond donors (Lipinski definition) is 1. The normalized spacial score (nSPS) is 11.6. The number of carbonyl (C=O) groups is 1. The van der Waals surface area contributed by atoms with Crippen molar-refractivity contribution in [2.24, 2.45) is 0 Å². The first-order valence-electron chi connectivity index (χ1n) is 7.75. The van der Waals surface area contributed by atoms with Crippen LogP contribution in [0.2, 0.25) is 0 Å². The van der Waals surface area contributed by atoms with Gasteiger partial charge in [0.25, 0.3) is 0 Å². The molecule has 3 rings (SSSR count). The third-order valence-electron chi connectivity index (χ3n) is 3.33. The number of hydrogen-bond acceptors (Lipinski definition) is 7. The monoisotopic (exact) mass is 393 g/mol. The van der Waals surface area contributed by atoms with Gasteiger partial charge in [0.1, 0.15) is 0 Å². The molecule has 0 atom stereocenters. The van der Waals surface area contributed by atoms with Crippen molar-refractivity contribution in [1.82, 2.24) is 10.1 Å². The van der Waals surface area contributed by atoms with Gasteiger partial charge in [-0.15, -0.1) is 34.4 Å². The number of anilines is 1. The molecule has 5 nitrogen and oxygen atoms in total. The second-order valence-corrected chi connectivity index (χ2v) is 9.28. The van der Waals surface area contributed by atoms with Gasteiger partial charge in [-0.1, -0.05) is 32.0 Å². The SMILES string of the molecule is CC(C)(C)c1csc(NC(=O)CSCc2cc(-c3cccs3)on2)n1. The van der Waals surface area contributed by atoms with Crippen LogP contribution >= 0.6 is 34.4 Å². The minimum Gasteiger partial charge on any atom is -0.355 e. The van der Waals surface area contributed by atoms with Gasteiger partial charge >= 0.3 is 0 Å². The van der Waals surface area contributed by atoms with E-state index in [9.17, 15) is 4.79 Å². The fourth-order valence-electron chi connectivity index (χ4n) is 1.99. The van der Waals surface area contributed by atoms with Gasteiger partial charge in [-0.3, -0.25) is 4.79 Å². The molecule has 3 heterocycles. The number of amides is 1. The van der Waals surface area contributed by atoms with Gasteiger partial charge in [0.2, 0.25) is 5.91 Å². The average Bonchev–Trinajstić information content (AvgIpc) is 3.27. The summed E-state index contributed by atoms with van der Waals surface area (Å²) in [4.78, 5) is 17.6. The second-order valence-electron chi connectivity index (χ2n) is 6.49. The Morgan fingerprint density at radius 1 is 1.36 bits per heavy atom. The van der Waals surface area contributed by atoms with E-state index in [0.29, 0.717) is 16.6 Å². The molecule has 0 unspecified atom stereocenters. The van der Waals surface area contributed by atoms with Crippen molar-refractivity contribution in [3.8, 4) is 10.6 Å². The van der Waals surface area contributed by atoms with E-state index in [1.165, 1.54) is 23.1 Å². The second kappa shape index (κ2) is 7.72. The molecule has 0 spiro atoms. The van der Waals surface area contributed by atoms with Crippen LogP contribution < -0.4 is 5.32 Å². The van der Waals surface area contributed by atoms with Gasteiger partial charge in [0.15, 0.2) is 10.9 Å². The highest BCUT2D eigenvalue weighted by Crippen LogP contribution is 2.27. The molecule has 0 aliphatic carbocycles. The lowest BCUT2D eigenvalue weighted by Gasteiger charge is -2.14. The van der Waals surface area contributed by atoms with Crippen molar-refractivity contribution < 1.29 is 9.32 Å². The maximum Gasteiger partial charge on any atom is 0.236 e. The molecule has 0 aromatic carbocycles. The average molecular weight is 394 g/mol. The Balaban J connectivity index is 1.46. The third-order valence-corrected chi connectivity index (χ3v) is 5.93. The lowest BCUT2D eigenvalue weighted by molar-refractivity contribution is -0.113. The van der Waals surface area contributed by atoms with Crippen molar-refractivity contribution in [3.63, 3.8) is 0 Å². The number of nitrogens with one attached hydrogen (secondary N) is 1. The minimum atomic E-state index is -0.0539. The van der Waals surface area contributed by atoms with Crippen LogP contribution in [-0.4, -0.2) is 21.8 Å². The number of thiophene rings is 1. The smallest absolute Gasteiger partial charge is 0.236 e. The summed E-state index contributed by atoms with van der Waals surface area (Å²) in [5, 5.41) is 11.5. The van der Waals surface area contributed by atoms with E-state index >= 15 is 0 Å². The molecule has 3 aromatic heterocycles. The van der Waals surface area contributed by atoms with Crippen molar-refractivity contribution in [3.05, 3.63) is 40.3 Å². The van der Waals surface area contributed by atoms with Crippen molar-refractivity contribution in [2.45, 2.75) is 31.9 Å². The van der Waals surface area contributed by atoms with Crippen molar-refractivity contribution >= 4 is 45.5 Å². The molecule has 0 saturated carbocycles. The van der Waals surface area contributed by atoms with Gasteiger partial charge in [0.05, 0.1) is 22.0 Å². The Morgan fingerprint density at radius 2 is 2.20 bits per heavy atom. The fourth-order valence-corrected chi connectivity index (χ4v) is 4.33. The largest absolute Gasteiger partial charge is 0.355 e. The van der Waals surface area contributed by atoms with Crippen LogP contribution in [0.3, 0.4) is 0 Å². The fraction of sp³-hybridized carbons (Fsp3) is 0.353. The van der Waals surface area contributed by atoms with Gasteiger partial charge < -0.3 is 9.84 Å². The summed E-state index contributed by atoms with van der Waals surface area (Å²) >= 11 is 4.57. The lowest BCUT2D eigenvalue weighted by atomic mass is 9.93. The standard InChI is InChI=1S/C17H19N3O2S3/c1-17(2,3)14-9-25-16(18-14)19-15(21)10-23-8-11-7-12(22-20-11)13-5-4-6-24-13/h4-7,9H,8,10H2,1-3H3,(H,18,19,21). The summed E-state index contributed by atoms with van der Waals surface area (Å²) in [6, 6.07) is 5.90. The number of aromatic nitrogens is 2. The molecule has 0 aliphatic rings. The van der Waals surface area contributed by atoms with Crippen LogP contribution in [0.15, 0.2) is 33.5 Å². The van der Waals surface area contributed by atoms with Crippen LogP contribution in [0, 0.1) is 0 Å². The van der Waals surface area contributed by atoms with Crippen LogP contribution in [0.5, 0.6) is 0 Å². The zero-order valence-electron chi connectivity index (χ0n) is 14.2. The number of thioether (sulfide) groups is 1. The van der Waals surface area contributed by atoms with E-state index in [1.54, 1.807) is 11.3 Å². The molecule has 132 valence electrons. The number of carbonyl (C=O) groups excluding carboxylic acids is 1. The molecule has 0 aliphatic heterocycles. The zero-order valence-corrected chi connectivity index (χ0v) is 16.7. The van der Waals surface area contributed by atoms with Crippen LogP contribution in [0.25, 0.3) is 10.6 Å². The summed E-state index contributed by atoms with van der Waals surface area (Å²) in [5.74, 6) is 1.70. The van der Waals surface area contributed by atoms with E-state index in [1.807, 2.05) is 29.0 Å². The van der Waals surface area contributed by atoms with Crippen LogP contribution in [0.4, 0.5) is 5.13 Å². The Hall–Kier alpha value is -1.64. The molecule has 25 heavy (non-hydrogen) atoms. The maximum absolute atomic E-state index is 12.0. The first-order valence-corrected chi connectivity index (χ1v) is 10.7. The highest BCUT2D eigenvalue weighted by molar-refractivity contribution is 7.99. The predicted molar refractivity (Wildman–Crippen MR) is 105 cm³/mol. The summed E-state index contributed by atoms with van der Waals surface area (Å²) in [6.45, 7) is 6.31. The Kier molecular flexibility index (Phi) is 5.61. The maximum atomic E-state index is 12.0. The number of nitrogens with zero attached hydrogens (tertiary/aromatic N) is 2. The molecule has 3 aromatic rings. The summed E-state index contributed by atoms with van der Waals surface area (Å²) in [7, 11) is 0. The molecule has 0 bridgehead atoms. The van der Waals surface area contributed by atoms with E-state index in [-0.39, 0.29) is 11.3 Å². The highest BCUT2D eigenvalue weighted by Gasteiger charge is 2.18. The van der Waals surface area contributed by atoms with Gasteiger partial charge in [0, 0.05) is 22.6 Å². The van der Waals surface area contributed by atoms with Gasteiger partial charge in [-0.2, -0.15) is 0 Å². The lowest BCUT2D eigenvalue weighted by Crippen LogP contribution is -2.15. The highest BCUT2D eigenvalue weighted by atomic mass is 32.2. The molecule has 8 heteroatoms. The Labute approximate surface area is 158 Å². The number of rotatable bonds is 6. The van der Waals surface area contributed by atoms with Crippen LogP contribution in [0.1, 0.15) is 32.2 Å². The summed E-state index contributed by atoms with van der Waals surface area (Å²) < 4.78 is 5.33. The molecule has 0 radical (unpaired) electrons. The Morgan fingerprint density at radius 3 is 2.88 bits per heavy atom. The van der Waals surface area contributed by atoms with Crippen LogP contribution in [-0.2, 0) is 16.0 Å². The molecule has 0 saturated heterocycles. The minimum absolute atomic E-state index is 0.0124. The van der Waals surface area contributed by atoms with Gasteiger partial charge in [-0.05, 0) is 11.4 Å². The van der Waals surface area contributed by atoms with Crippen molar-refractivity contribution in [2.75, 3.05) is 11.1 Å². The van der Waals surface area contributed by atoms with E-state index in [0.717, 1.165) is 22.0 Å². The van der Waals surface area contributed by atoms with E-state index in [4.69, 9.17) is 4.52 Å². The molecule has 1 N–H and O–H groups in total. The quantitative estimate of drug-likeness (QED) is 0.636. The molecule has 1 amide bonds. The third kappa shape index (κ3) is 4.93. The van der Waals surface area contributed by atoms with E-state index in [2.05, 4.69) is 36.2 Å². The molecular weight excluding hydrogens is 374 g/mol. The molecular formula is C17H19N3O2S3. The summed E-state index contributed by atoms with van der Waals surface area (Å²) in [6.07, 6.45) is 0. The number of thiazole rings is 1. The molecule has 0 fully saturated rings. The topological polar surface area (TPSA) is 68.0 Å². The Bertz CT molecular complexity index is 832. The van der Waals surface area contributed by atoms with Gasteiger partial charge in [-0.25, -0.2) is 4.98 Å².